The normalized spacial score (nSPS) is 5.00. The van der Waals surface area contributed by atoms with Crippen LogP contribution in [0.3, 0.4) is 0 Å². The predicted molar refractivity (Wildman–Crippen MR) is 34.9 cm³/mol. The van der Waals surface area contributed by atoms with E-state index in [0.29, 0.717) is 0 Å². The Kier molecular flexibility index (Phi) is 42.3. The van der Waals surface area contributed by atoms with Crippen LogP contribution in [0, 0.1) is 0 Å². The van der Waals surface area contributed by atoms with Gasteiger partial charge in [-0.05, 0) is 0 Å². The van der Waals surface area contributed by atoms with Crippen LogP contribution in [-0.2, 0) is 0 Å². The van der Waals surface area contributed by atoms with Crippen molar-refractivity contribution in [3.8, 4) is 0 Å². The molecule has 0 aliphatic heterocycles. The first-order valence-corrected chi connectivity index (χ1v) is 1.91. The van der Waals surface area contributed by atoms with Gasteiger partial charge in [-0.25, -0.2) is 0 Å². The Labute approximate surface area is 126 Å². The molecule has 0 atom stereocenters. The molecule has 0 fully saturated rings. The van der Waals surface area contributed by atoms with Gasteiger partial charge in [0.05, 0.1) is 0 Å². The summed E-state index contributed by atoms with van der Waals surface area (Å²) in [4.78, 5) is 0. The fraction of sp³-hybridized carbons (Fsp3) is 1.00. The first kappa shape index (κ1) is 16.1. The van der Waals surface area contributed by atoms with Crippen LogP contribution in [-0.4, -0.2) is 103 Å². The summed E-state index contributed by atoms with van der Waals surface area (Å²) in [5.74, 6) is 0. The van der Waals surface area contributed by atoms with Gasteiger partial charge in [-0.3, -0.25) is 0 Å². The van der Waals surface area contributed by atoms with Crippen molar-refractivity contribution in [1.29, 1.82) is 0 Å². The first-order valence-electron chi connectivity index (χ1n) is 1.91. The van der Waals surface area contributed by atoms with E-state index in [4.69, 9.17) is 0 Å². The van der Waals surface area contributed by atoms with E-state index in [1.54, 1.807) is 0 Å². The molecule has 0 nitrogen and oxygen atoms in total. The summed E-state index contributed by atoms with van der Waals surface area (Å²) >= 11 is 0. The van der Waals surface area contributed by atoms with E-state index in [2.05, 4.69) is 13.8 Å². The van der Waals surface area contributed by atoms with Crippen molar-refractivity contribution < 1.29 is 0 Å². The number of unbranched alkanes of at least 4 members (excludes halogenated alkanes) is 1. The van der Waals surface area contributed by atoms with E-state index in [-0.39, 0.29) is 103 Å². The van der Waals surface area contributed by atoms with Crippen molar-refractivity contribution in [2.75, 3.05) is 0 Å². The van der Waals surface area contributed by atoms with E-state index in [0.717, 1.165) is 0 Å². The fourth-order valence-corrected chi connectivity index (χ4v) is 0. The van der Waals surface area contributed by atoms with E-state index in [1.165, 1.54) is 12.8 Å². The topological polar surface area (TPSA) is 0 Å². The van der Waals surface area contributed by atoms with Crippen molar-refractivity contribution in [2.24, 2.45) is 0 Å². The first-order chi connectivity index (χ1) is 1.91. The standard InChI is InChI=1S/C4H10.2K.2H/c1-3-4-2;;;;/h3-4H2,1-2H3;;;;. The molecular formula is C4H12K2. The minimum atomic E-state index is 0. The number of rotatable bonds is 1. The molecule has 6 heavy (non-hydrogen) atoms. The molecule has 0 spiro atoms. The molecule has 0 aromatic rings. The second-order valence-corrected chi connectivity index (χ2v) is 1.000. The summed E-state index contributed by atoms with van der Waals surface area (Å²) in [5, 5.41) is 0. The van der Waals surface area contributed by atoms with Gasteiger partial charge in [0.25, 0.3) is 0 Å². The average molecular weight is 138 g/mol. The van der Waals surface area contributed by atoms with Crippen molar-refractivity contribution in [3.05, 3.63) is 0 Å². The van der Waals surface area contributed by atoms with Crippen LogP contribution in [0.1, 0.15) is 26.7 Å². The zero-order valence-electron chi connectivity index (χ0n) is 3.41. The zero-order chi connectivity index (χ0) is 3.41. The second-order valence-electron chi connectivity index (χ2n) is 1.000. The monoisotopic (exact) mass is 138 g/mol. The maximum atomic E-state index is 2.18. The maximum absolute atomic E-state index is 2.18. The molecule has 0 aliphatic rings. The minimum absolute atomic E-state index is 0. The van der Waals surface area contributed by atoms with Gasteiger partial charge >= 0.3 is 103 Å². The molecular weight excluding hydrogens is 126 g/mol. The summed E-state index contributed by atoms with van der Waals surface area (Å²) in [6.45, 7) is 4.36. The van der Waals surface area contributed by atoms with Gasteiger partial charge in [-0.2, -0.15) is 0 Å². The van der Waals surface area contributed by atoms with Gasteiger partial charge in [0.2, 0.25) is 0 Å². The molecule has 0 amide bonds. The quantitative estimate of drug-likeness (QED) is 0.463. The molecule has 2 heteroatoms. The Morgan fingerprint density at radius 3 is 1.00 bits per heavy atom. The molecule has 0 heterocycles. The van der Waals surface area contributed by atoms with Crippen molar-refractivity contribution in [3.63, 3.8) is 0 Å². The Morgan fingerprint density at radius 2 is 1.00 bits per heavy atom. The van der Waals surface area contributed by atoms with Crippen LogP contribution in [0.25, 0.3) is 0 Å². The SMILES string of the molecule is CCCC.[KH].[KH]. The van der Waals surface area contributed by atoms with Crippen LogP contribution in [0.5, 0.6) is 0 Å². The van der Waals surface area contributed by atoms with Crippen molar-refractivity contribution >= 4 is 103 Å². The molecule has 0 rings (SSSR count). The Bertz CT molecular complexity index is 7.51. The van der Waals surface area contributed by atoms with Gasteiger partial charge in [0.1, 0.15) is 0 Å². The van der Waals surface area contributed by atoms with Gasteiger partial charge in [-0.15, -0.1) is 0 Å². The van der Waals surface area contributed by atoms with E-state index >= 15 is 0 Å². The molecule has 0 unspecified atom stereocenters. The summed E-state index contributed by atoms with van der Waals surface area (Å²) in [5.41, 5.74) is 0. The molecule has 0 saturated carbocycles. The molecule has 0 aliphatic carbocycles. The summed E-state index contributed by atoms with van der Waals surface area (Å²) < 4.78 is 0. The summed E-state index contributed by atoms with van der Waals surface area (Å²) in [7, 11) is 0. The molecule has 0 aromatic heterocycles. The van der Waals surface area contributed by atoms with E-state index < -0.39 is 0 Å². The van der Waals surface area contributed by atoms with Crippen LogP contribution < -0.4 is 0 Å². The molecule has 0 bridgehead atoms. The zero-order valence-corrected chi connectivity index (χ0v) is 3.41. The number of hydrogen-bond acceptors (Lipinski definition) is 0. The van der Waals surface area contributed by atoms with Crippen LogP contribution in [0.2, 0.25) is 0 Å². The molecule has 30 valence electrons. The molecule has 0 aromatic carbocycles. The van der Waals surface area contributed by atoms with Crippen molar-refractivity contribution in [1.82, 2.24) is 0 Å². The van der Waals surface area contributed by atoms with Gasteiger partial charge in [-0.1, -0.05) is 26.7 Å². The van der Waals surface area contributed by atoms with Crippen LogP contribution in [0.4, 0.5) is 0 Å². The van der Waals surface area contributed by atoms with Gasteiger partial charge < -0.3 is 0 Å². The summed E-state index contributed by atoms with van der Waals surface area (Å²) in [6.07, 6.45) is 2.64. The van der Waals surface area contributed by atoms with E-state index in [9.17, 15) is 0 Å². The number of hydrogen-bond donors (Lipinski definition) is 0. The van der Waals surface area contributed by atoms with Gasteiger partial charge in [0.15, 0.2) is 0 Å². The molecule has 0 saturated heterocycles. The second kappa shape index (κ2) is 15.7. The average Bonchev–Trinajstić information content (AvgIpc) is 1.37. The summed E-state index contributed by atoms with van der Waals surface area (Å²) in [6, 6.07) is 0. The van der Waals surface area contributed by atoms with Crippen LogP contribution in [0.15, 0.2) is 0 Å². The predicted octanol–water partition coefficient (Wildman–Crippen LogP) is 0.509. The fourth-order valence-electron chi connectivity index (χ4n) is 0. The van der Waals surface area contributed by atoms with Crippen molar-refractivity contribution in [2.45, 2.75) is 26.7 Å². The van der Waals surface area contributed by atoms with E-state index in [1.807, 2.05) is 0 Å². The Balaban J connectivity index is -0.0000000450. The van der Waals surface area contributed by atoms with Crippen LogP contribution >= 0.6 is 0 Å². The Morgan fingerprint density at radius 1 is 0.833 bits per heavy atom. The third-order valence-electron chi connectivity index (χ3n) is 0.500. The third kappa shape index (κ3) is 15.7. The van der Waals surface area contributed by atoms with Gasteiger partial charge in [0, 0.05) is 0 Å². The molecule has 0 radical (unpaired) electrons. The Hall–Kier alpha value is 3.27. The molecule has 0 N–H and O–H groups in total. The third-order valence-corrected chi connectivity index (χ3v) is 0.500.